The van der Waals surface area contributed by atoms with E-state index in [1.54, 1.807) is 17.1 Å². The third-order valence-corrected chi connectivity index (χ3v) is 3.16. The number of nitrogens with two attached hydrogens (primary N) is 1. The molecule has 0 bridgehead atoms. The normalized spacial score (nSPS) is 10.7. The first kappa shape index (κ1) is 12.8. The van der Waals surface area contributed by atoms with Crippen molar-refractivity contribution in [2.24, 2.45) is 5.73 Å². The van der Waals surface area contributed by atoms with Crippen molar-refractivity contribution in [3.05, 3.63) is 59.5 Å². The number of hydrogen-bond donors (Lipinski definition) is 1. The fourth-order valence-electron chi connectivity index (χ4n) is 2.03. The van der Waals surface area contributed by atoms with Gasteiger partial charge in [0.25, 0.3) is 0 Å². The molecule has 0 aliphatic carbocycles. The van der Waals surface area contributed by atoms with Crippen LogP contribution in [-0.4, -0.2) is 20.0 Å². The fraction of sp³-hybridized carbons (Fsp3) is 0.0714. The lowest BCUT2D eigenvalue weighted by Crippen LogP contribution is -2.02. The summed E-state index contributed by atoms with van der Waals surface area (Å²) in [6, 6.07) is 11.2. The quantitative estimate of drug-likeness (QED) is 0.802. The molecule has 0 amide bonds. The van der Waals surface area contributed by atoms with E-state index in [0.717, 1.165) is 22.6 Å². The lowest BCUT2D eigenvalue weighted by molar-refractivity contribution is 0.800. The number of rotatable bonds is 3. The average molecular weight is 286 g/mol. The summed E-state index contributed by atoms with van der Waals surface area (Å²) in [4.78, 5) is 4.13. The van der Waals surface area contributed by atoms with Crippen LogP contribution in [0.2, 0.25) is 5.02 Å². The fourth-order valence-corrected chi connectivity index (χ4v) is 2.22. The molecule has 6 heteroatoms. The van der Waals surface area contributed by atoms with Gasteiger partial charge >= 0.3 is 0 Å². The zero-order valence-corrected chi connectivity index (χ0v) is 11.3. The Bertz CT molecular complexity index is 723. The van der Waals surface area contributed by atoms with Gasteiger partial charge in [-0.15, -0.1) is 5.10 Å². The lowest BCUT2D eigenvalue weighted by Gasteiger charge is -2.07. The van der Waals surface area contributed by atoms with E-state index in [9.17, 15) is 0 Å². The Morgan fingerprint density at radius 1 is 1.20 bits per heavy atom. The molecule has 1 aromatic carbocycles. The highest BCUT2D eigenvalue weighted by Crippen LogP contribution is 2.25. The SMILES string of the molecule is NCc1nnn(-c2cccc(Cl)c2)c1-c1cccnc1. The largest absolute Gasteiger partial charge is 0.325 e. The molecule has 0 saturated carbocycles. The summed E-state index contributed by atoms with van der Waals surface area (Å²) in [7, 11) is 0. The Labute approximate surface area is 121 Å². The molecule has 5 nitrogen and oxygen atoms in total. The molecular formula is C14H12ClN5. The summed E-state index contributed by atoms with van der Waals surface area (Å²) in [6.07, 6.45) is 3.48. The summed E-state index contributed by atoms with van der Waals surface area (Å²) < 4.78 is 1.73. The second-order valence-electron chi connectivity index (χ2n) is 4.22. The smallest absolute Gasteiger partial charge is 0.105 e. The molecule has 20 heavy (non-hydrogen) atoms. The van der Waals surface area contributed by atoms with Crippen LogP contribution in [0.5, 0.6) is 0 Å². The van der Waals surface area contributed by atoms with Gasteiger partial charge in [-0.3, -0.25) is 4.98 Å². The Balaban J connectivity index is 2.20. The first-order chi connectivity index (χ1) is 9.79. The van der Waals surface area contributed by atoms with Crippen molar-refractivity contribution in [3.63, 3.8) is 0 Å². The molecule has 2 aromatic heterocycles. The number of benzene rings is 1. The van der Waals surface area contributed by atoms with Crippen LogP contribution in [0, 0.1) is 0 Å². The summed E-state index contributed by atoms with van der Waals surface area (Å²) in [6.45, 7) is 0.310. The third kappa shape index (κ3) is 2.29. The van der Waals surface area contributed by atoms with Crippen molar-refractivity contribution in [2.45, 2.75) is 6.54 Å². The van der Waals surface area contributed by atoms with E-state index in [1.807, 2.05) is 36.4 Å². The van der Waals surface area contributed by atoms with Crippen molar-refractivity contribution < 1.29 is 0 Å². The zero-order chi connectivity index (χ0) is 13.9. The van der Waals surface area contributed by atoms with Crippen LogP contribution in [0.3, 0.4) is 0 Å². The van der Waals surface area contributed by atoms with Crippen LogP contribution in [0.4, 0.5) is 0 Å². The van der Waals surface area contributed by atoms with Crippen molar-refractivity contribution in [1.82, 2.24) is 20.0 Å². The molecule has 2 heterocycles. The van der Waals surface area contributed by atoms with Crippen LogP contribution >= 0.6 is 11.6 Å². The van der Waals surface area contributed by atoms with Crippen molar-refractivity contribution in [1.29, 1.82) is 0 Å². The number of pyridine rings is 1. The predicted molar refractivity (Wildman–Crippen MR) is 77.5 cm³/mol. The van der Waals surface area contributed by atoms with Gasteiger partial charge in [-0.2, -0.15) is 0 Å². The summed E-state index contributed by atoms with van der Waals surface area (Å²) in [5.41, 5.74) is 9.05. The van der Waals surface area contributed by atoms with Gasteiger partial charge in [0.2, 0.25) is 0 Å². The van der Waals surface area contributed by atoms with Gasteiger partial charge in [0.15, 0.2) is 0 Å². The standard InChI is InChI=1S/C14H12ClN5/c15-11-4-1-5-12(7-11)20-14(13(8-16)18-19-20)10-3-2-6-17-9-10/h1-7,9H,8,16H2. The maximum atomic E-state index is 6.04. The van der Waals surface area contributed by atoms with E-state index >= 15 is 0 Å². The molecule has 0 fully saturated rings. The number of nitrogens with zero attached hydrogens (tertiary/aromatic N) is 4. The van der Waals surface area contributed by atoms with E-state index in [2.05, 4.69) is 15.3 Å². The Hall–Kier alpha value is -2.24. The second kappa shape index (κ2) is 5.40. The Morgan fingerprint density at radius 3 is 2.80 bits per heavy atom. The molecule has 100 valence electrons. The van der Waals surface area contributed by atoms with E-state index < -0.39 is 0 Å². The molecule has 0 aliphatic rings. The number of halogens is 1. The summed E-state index contributed by atoms with van der Waals surface area (Å²) in [5.74, 6) is 0. The number of hydrogen-bond acceptors (Lipinski definition) is 4. The highest BCUT2D eigenvalue weighted by atomic mass is 35.5. The molecule has 0 aliphatic heterocycles. The van der Waals surface area contributed by atoms with Crippen LogP contribution < -0.4 is 5.73 Å². The Morgan fingerprint density at radius 2 is 2.10 bits per heavy atom. The topological polar surface area (TPSA) is 69.6 Å². The average Bonchev–Trinajstić information content (AvgIpc) is 2.92. The van der Waals surface area contributed by atoms with Crippen molar-refractivity contribution in [2.75, 3.05) is 0 Å². The minimum absolute atomic E-state index is 0.310. The molecular weight excluding hydrogens is 274 g/mol. The van der Waals surface area contributed by atoms with Crippen LogP contribution in [0.25, 0.3) is 16.9 Å². The van der Waals surface area contributed by atoms with Crippen LogP contribution in [0.1, 0.15) is 5.69 Å². The first-order valence-corrected chi connectivity index (χ1v) is 6.48. The monoisotopic (exact) mass is 285 g/mol. The van der Waals surface area contributed by atoms with E-state index in [4.69, 9.17) is 17.3 Å². The molecule has 0 radical (unpaired) electrons. The van der Waals surface area contributed by atoms with E-state index in [0.29, 0.717) is 11.6 Å². The van der Waals surface area contributed by atoms with E-state index in [1.165, 1.54) is 0 Å². The predicted octanol–water partition coefficient (Wildman–Crippen LogP) is 2.44. The van der Waals surface area contributed by atoms with Gasteiger partial charge < -0.3 is 5.73 Å². The van der Waals surface area contributed by atoms with E-state index in [-0.39, 0.29) is 0 Å². The van der Waals surface area contributed by atoms with Gasteiger partial charge in [-0.25, -0.2) is 4.68 Å². The lowest BCUT2D eigenvalue weighted by atomic mass is 10.1. The van der Waals surface area contributed by atoms with Gasteiger partial charge in [0.05, 0.1) is 5.69 Å². The van der Waals surface area contributed by atoms with Gasteiger partial charge in [-0.05, 0) is 30.3 Å². The Kier molecular flexibility index (Phi) is 3.45. The molecule has 3 rings (SSSR count). The molecule has 2 N–H and O–H groups in total. The maximum Gasteiger partial charge on any atom is 0.105 e. The highest BCUT2D eigenvalue weighted by Gasteiger charge is 2.15. The minimum Gasteiger partial charge on any atom is -0.325 e. The third-order valence-electron chi connectivity index (χ3n) is 2.92. The van der Waals surface area contributed by atoms with Gasteiger partial charge in [0.1, 0.15) is 11.4 Å². The van der Waals surface area contributed by atoms with Crippen LogP contribution in [0.15, 0.2) is 48.8 Å². The van der Waals surface area contributed by atoms with Gasteiger partial charge in [-0.1, -0.05) is 22.9 Å². The molecule has 0 saturated heterocycles. The highest BCUT2D eigenvalue weighted by molar-refractivity contribution is 6.30. The molecule has 0 spiro atoms. The maximum absolute atomic E-state index is 6.04. The summed E-state index contributed by atoms with van der Waals surface area (Å²) >= 11 is 6.04. The van der Waals surface area contributed by atoms with Gasteiger partial charge in [0, 0.05) is 29.5 Å². The number of aromatic nitrogens is 4. The second-order valence-corrected chi connectivity index (χ2v) is 4.66. The molecule has 0 atom stereocenters. The molecule has 3 aromatic rings. The van der Waals surface area contributed by atoms with Crippen molar-refractivity contribution in [3.8, 4) is 16.9 Å². The minimum atomic E-state index is 0.310. The zero-order valence-electron chi connectivity index (χ0n) is 10.6. The van der Waals surface area contributed by atoms with Crippen LogP contribution in [-0.2, 0) is 6.54 Å². The first-order valence-electron chi connectivity index (χ1n) is 6.10. The molecule has 0 unspecified atom stereocenters. The summed E-state index contributed by atoms with van der Waals surface area (Å²) in [5, 5.41) is 8.95. The van der Waals surface area contributed by atoms with Crippen molar-refractivity contribution >= 4 is 11.6 Å².